The number of nitrogens with zero attached hydrogens (tertiary/aromatic N) is 2. The smallest absolute Gasteiger partial charge is 0.336 e. The fraction of sp³-hybridized carbons (Fsp3) is 0.0556. The number of aromatic nitrogens is 1. The molecule has 0 aliphatic heterocycles. The molecule has 6 nitrogen and oxygen atoms in total. The van der Waals surface area contributed by atoms with Crippen molar-refractivity contribution in [1.29, 1.82) is 0 Å². The van der Waals surface area contributed by atoms with Crippen LogP contribution in [0.4, 0.5) is 5.13 Å². The Morgan fingerprint density at radius 1 is 1.28 bits per heavy atom. The number of hydrogen-bond acceptors (Lipinski definition) is 6. The van der Waals surface area contributed by atoms with Gasteiger partial charge in [0.25, 0.3) is 0 Å². The van der Waals surface area contributed by atoms with Crippen molar-refractivity contribution in [3.05, 3.63) is 65.0 Å². The zero-order chi connectivity index (χ0) is 17.6. The highest BCUT2D eigenvalue weighted by atomic mass is 32.1. The number of anilines is 1. The molecule has 0 radical (unpaired) electrons. The van der Waals surface area contributed by atoms with E-state index in [-0.39, 0.29) is 5.56 Å². The van der Waals surface area contributed by atoms with Crippen molar-refractivity contribution in [1.82, 2.24) is 4.98 Å². The molecule has 2 N–H and O–H groups in total. The van der Waals surface area contributed by atoms with E-state index in [0.717, 1.165) is 11.3 Å². The van der Waals surface area contributed by atoms with Crippen molar-refractivity contribution >= 4 is 28.7 Å². The summed E-state index contributed by atoms with van der Waals surface area (Å²) < 4.78 is 5.05. The Hall–Kier alpha value is -3.19. The molecule has 0 aliphatic carbocycles. The number of hydrazone groups is 1. The molecule has 7 heteroatoms. The quantitative estimate of drug-likeness (QED) is 0.517. The van der Waals surface area contributed by atoms with Crippen LogP contribution in [-0.2, 0) is 0 Å². The first-order valence-corrected chi connectivity index (χ1v) is 8.26. The van der Waals surface area contributed by atoms with Crippen LogP contribution >= 0.6 is 11.3 Å². The van der Waals surface area contributed by atoms with Crippen LogP contribution in [0.2, 0.25) is 0 Å². The summed E-state index contributed by atoms with van der Waals surface area (Å²) in [6.07, 6.45) is 1.45. The first-order chi connectivity index (χ1) is 12.2. The fourth-order valence-corrected chi connectivity index (χ4v) is 2.85. The standard InChI is InChI=1S/C18H15N3O3S/c1-24-14-8-7-13(15(9-14)17(22)23)10-19-21-18-20-16(11-25-18)12-5-3-2-4-6-12/h2-11H,1H3,(H,20,21)(H,22,23). The van der Waals surface area contributed by atoms with E-state index in [0.29, 0.717) is 16.4 Å². The van der Waals surface area contributed by atoms with Crippen LogP contribution in [0, 0.1) is 0 Å². The van der Waals surface area contributed by atoms with Gasteiger partial charge >= 0.3 is 5.97 Å². The number of ether oxygens (including phenoxy) is 1. The van der Waals surface area contributed by atoms with Gasteiger partial charge in [0.15, 0.2) is 0 Å². The van der Waals surface area contributed by atoms with Crippen molar-refractivity contribution in [2.24, 2.45) is 5.10 Å². The van der Waals surface area contributed by atoms with Crippen molar-refractivity contribution in [3.63, 3.8) is 0 Å². The second-order valence-corrected chi connectivity index (χ2v) is 5.89. The minimum absolute atomic E-state index is 0.119. The van der Waals surface area contributed by atoms with Gasteiger partial charge in [0.05, 0.1) is 24.6 Å². The molecule has 25 heavy (non-hydrogen) atoms. The van der Waals surface area contributed by atoms with Gasteiger partial charge in [0, 0.05) is 16.5 Å². The SMILES string of the molecule is COc1ccc(C=NNc2nc(-c3ccccc3)cs2)c(C(=O)O)c1. The predicted molar refractivity (Wildman–Crippen MR) is 98.7 cm³/mol. The molecule has 3 aromatic rings. The van der Waals surface area contributed by atoms with Gasteiger partial charge in [0.1, 0.15) is 5.75 Å². The number of carbonyl (C=O) groups is 1. The summed E-state index contributed by atoms with van der Waals surface area (Å²) in [6.45, 7) is 0. The summed E-state index contributed by atoms with van der Waals surface area (Å²) >= 11 is 1.42. The molecule has 0 aliphatic rings. The van der Waals surface area contributed by atoms with Gasteiger partial charge in [-0.2, -0.15) is 5.10 Å². The summed E-state index contributed by atoms with van der Waals surface area (Å²) in [5.41, 5.74) is 5.31. The molecule has 1 heterocycles. The molecule has 1 aromatic heterocycles. The Labute approximate surface area is 148 Å². The number of hydrogen-bond donors (Lipinski definition) is 2. The third kappa shape index (κ3) is 4.02. The lowest BCUT2D eigenvalue weighted by atomic mass is 10.1. The topological polar surface area (TPSA) is 83.8 Å². The number of methoxy groups -OCH3 is 1. The molecule has 0 saturated carbocycles. The normalized spacial score (nSPS) is 10.8. The van der Waals surface area contributed by atoms with E-state index in [1.807, 2.05) is 35.7 Å². The van der Waals surface area contributed by atoms with Gasteiger partial charge in [-0.05, 0) is 18.2 Å². The number of carboxylic acids is 1. The Bertz CT molecular complexity index is 907. The van der Waals surface area contributed by atoms with E-state index in [1.165, 1.54) is 30.7 Å². The van der Waals surface area contributed by atoms with E-state index in [2.05, 4.69) is 15.5 Å². The molecule has 0 atom stereocenters. The van der Waals surface area contributed by atoms with Crippen LogP contribution in [0.3, 0.4) is 0 Å². The third-order valence-electron chi connectivity index (χ3n) is 3.43. The zero-order valence-corrected chi connectivity index (χ0v) is 14.2. The van der Waals surface area contributed by atoms with Crippen LogP contribution in [0.15, 0.2) is 59.0 Å². The van der Waals surface area contributed by atoms with Crippen molar-refractivity contribution in [2.75, 3.05) is 12.5 Å². The molecular formula is C18H15N3O3S. The lowest BCUT2D eigenvalue weighted by molar-refractivity contribution is 0.0696. The van der Waals surface area contributed by atoms with Crippen molar-refractivity contribution in [2.45, 2.75) is 0 Å². The maximum Gasteiger partial charge on any atom is 0.336 e. The monoisotopic (exact) mass is 353 g/mol. The van der Waals surface area contributed by atoms with E-state index in [1.54, 1.807) is 12.1 Å². The minimum Gasteiger partial charge on any atom is -0.497 e. The van der Waals surface area contributed by atoms with E-state index >= 15 is 0 Å². The molecule has 3 rings (SSSR count). The van der Waals surface area contributed by atoms with Crippen LogP contribution < -0.4 is 10.2 Å². The fourth-order valence-electron chi connectivity index (χ4n) is 2.18. The first-order valence-electron chi connectivity index (χ1n) is 7.39. The second-order valence-electron chi connectivity index (χ2n) is 5.03. The van der Waals surface area contributed by atoms with Crippen LogP contribution in [0.25, 0.3) is 11.3 Å². The second kappa shape index (κ2) is 7.59. The molecule has 0 fully saturated rings. The highest BCUT2D eigenvalue weighted by Gasteiger charge is 2.10. The van der Waals surface area contributed by atoms with Crippen LogP contribution in [0.5, 0.6) is 5.75 Å². The summed E-state index contributed by atoms with van der Waals surface area (Å²) in [5, 5.41) is 15.9. The van der Waals surface area contributed by atoms with Crippen LogP contribution in [-0.4, -0.2) is 29.4 Å². The first kappa shape index (κ1) is 16.7. The Morgan fingerprint density at radius 3 is 2.80 bits per heavy atom. The largest absolute Gasteiger partial charge is 0.497 e. The van der Waals surface area contributed by atoms with Crippen LogP contribution in [0.1, 0.15) is 15.9 Å². The molecule has 0 saturated heterocycles. The number of carboxylic acid groups (broad SMARTS) is 1. The molecule has 2 aromatic carbocycles. The van der Waals surface area contributed by atoms with Crippen molar-refractivity contribution < 1.29 is 14.6 Å². The predicted octanol–water partition coefficient (Wildman–Crippen LogP) is 3.96. The highest BCUT2D eigenvalue weighted by molar-refractivity contribution is 7.14. The summed E-state index contributed by atoms with van der Waals surface area (Å²) in [5.74, 6) is -0.559. The maximum atomic E-state index is 11.3. The van der Waals surface area contributed by atoms with Gasteiger partial charge < -0.3 is 9.84 Å². The van der Waals surface area contributed by atoms with E-state index < -0.39 is 5.97 Å². The lowest BCUT2D eigenvalue weighted by Crippen LogP contribution is -2.03. The van der Waals surface area contributed by atoms with E-state index in [4.69, 9.17) is 4.74 Å². The lowest BCUT2D eigenvalue weighted by Gasteiger charge is -2.04. The summed E-state index contributed by atoms with van der Waals surface area (Å²) in [7, 11) is 1.49. The minimum atomic E-state index is -1.04. The molecule has 126 valence electrons. The molecule has 0 amide bonds. The number of rotatable bonds is 6. The molecular weight excluding hydrogens is 338 g/mol. The number of nitrogens with one attached hydrogen (secondary N) is 1. The molecule has 0 unspecified atom stereocenters. The van der Waals surface area contributed by atoms with Gasteiger partial charge in [-0.3, -0.25) is 5.43 Å². The Morgan fingerprint density at radius 2 is 2.08 bits per heavy atom. The highest BCUT2D eigenvalue weighted by Crippen LogP contribution is 2.24. The molecule has 0 bridgehead atoms. The number of benzene rings is 2. The third-order valence-corrected chi connectivity index (χ3v) is 4.18. The average Bonchev–Trinajstić information content (AvgIpc) is 3.11. The van der Waals surface area contributed by atoms with Gasteiger partial charge in [-0.15, -0.1) is 11.3 Å². The Kier molecular flexibility index (Phi) is 5.06. The summed E-state index contributed by atoms with van der Waals surface area (Å²) in [6, 6.07) is 14.6. The van der Waals surface area contributed by atoms with Gasteiger partial charge in [0.2, 0.25) is 5.13 Å². The maximum absolute atomic E-state index is 11.3. The van der Waals surface area contributed by atoms with E-state index in [9.17, 15) is 9.90 Å². The number of thiazole rings is 1. The number of aromatic carboxylic acids is 1. The zero-order valence-electron chi connectivity index (χ0n) is 13.3. The van der Waals surface area contributed by atoms with Gasteiger partial charge in [-0.25, -0.2) is 9.78 Å². The van der Waals surface area contributed by atoms with Gasteiger partial charge in [-0.1, -0.05) is 30.3 Å². The summed E-state index contributed by atoms with van der Waals surface area (Å²) in [4.78, 5) is 15.8. The average molecular weight is 353 g/mol. The van der Waals surface area contributed by atoms with Crippen molar-refractivity contribution in [3.8, 4) is 17.0 Å². The Balaban J connectivity index is 1.74. The molecule has 0 spiro atoms.